The Labute approximate surface area is 115 Å². The number of nitrogens with one attached hydrogen (secondary N) is 1. The van der Waals surface area contributed by atoms with Gasteiger partial charge < -0.3 is 20.1 Å². The highest BCUT2D eigenvalue weighted by Crippen LogP contribution is 2.27. The summed E-state index contributed by atoms with van der Waals surface area (Å²) in [6.45, 7) is -0.488. The standard InChI is InChI=1S/C10H13BrN2O6/c11-1-4-2-13(10(18)12-8(4)17)9-7(16)6(15)5(3-14)19-9/h2,5-7,9,14-16H,1,3H2,(H,12,17,18)/t5-,6-,7-,9-/m1/s1. The summed E-state index contributed by atoms with van der Waals surface area (Å²) in [4.78, 5) is 25.2. The van der Waals surface area contributed by atoms with Crippen molar-refractivity contribution in [3.8, 4) is 0 Å². The second-order valence-electron chi connectivity index (χ2n) is 4.18. The van der Waals surface area contributed by atoms with Gasteiger partial charge in [-0.15, -0.1) is 0 Å². The zero-order valence-electron chi connectivity index (χ0n) is 9.69. The van der Waals surface area contributed by atoms with Gasteiger partial charge in [0.05, 0.1) is 6.61 Å². The highest BCUT2D eigenvalue weighted by molar-refractivity contribution is 9.08. The molecule has 0 saturated carbocycles. The number of nitrogens with zero attached hydrogens (tertiary/aromatic N) is 1. The molecule has 1 fully saturated rings. The van der Waals surface area contributed by atoms with Crippen LogP contribution in [0.3, 0.4) is 0 Å². The van der Waals surface area contributed by atoms with Crippen LogP contribution in [0, 0.1) is 0 Å². The molecule has 0 amide bonds. The molecule has 0 unspecified atom stereocenters. The van der Waals surface area contributed by atoms with Crippen LogP contribution in [0.15, 0.2) is 15.8 Å². The number of aromatic nitrogens is 2. The molecular weight excluding hydrogens is 324 g/mol. The molecule has 8 nitrogen and oxygen atoms in total. The van der Waals surface area contributed by atoms with Gasteiger partial charge in [-0.3, -0.25) is 14.3 Å². The summed E-state index contributed by atoms with van der Waals surface area (Å²) in [7, 11) is 0. The number of hydrogen-bond acceptors (Lipinski definition) is 6. The summed E-state index contributed by atoms with van der Waals surface area (Å²) in [5.74, 6) is 0. The molecule has 2 heterocycles. The predicted octanol–water partition coefficient (Wildman–Crippen LogP) is -1.96. The van der Waals surface area contributed by atoms with E-state index in [9.17, 15) is 19.8 Å². The number of hydrogen-bond donors (Lipinski definition) is 4. The number of H-pyrrole nitrogens is 1. The normalized spacial score (nSPS) is 30.7. The van der Waals surface area contributed by atoms with Crippen molar-refractivity contribution in [1.82, 2.24) is 9.55 Å². The smallest absolute Gasteiger partial charge is 0.330 e. The molecule has 4 N–H and O–H groups in total. The van der Waals surface area contributed by atoms with E-state index in [2.05, 4.69) is 20.9 Å². The monoisotopic (exact) mass is 336 g/mol. The van der Waals surface area contributed by atoms with Crippen LogP contribution >= 0.6 is 15.9 Å². The summed E-state index contributed by atoms with van der Waals surface area (Å²) in [5, 5.41) is 28.7. The summed E-state index contributed by atoms with van der Waals surface area (Å²) in [6.07, 6.45) is -3.57. The van der Waals surface area contributed by atoms with Gasteiger partial charge in [0.15, 0.2) is 6.23 Å². The first kappa shape index (κ1) is 14.4. The molecule has 106 valence electrons. The van der Waals surface area contributed by atoms with E-state index in [4.69, 9.17) is 9.84 Å². The maximum atomic E-state index is 11.7. The zero-order valence-corrected chi connectivity index (χ0v) is 11.3. The van der Waals surface area contributed by atoms with Crippen molar-refractivity contribution >= 4 is 15.9 Å². The van der Waals surface area contributed by atoms with E-state index in [1.807, 2.05) is 0 Å². The van der Waals surface area contributed by atoms with Crippen molar-refractivity contribution in [3.63, 3.8) is 0 Å². The first-order valence-corrected chi connectivity index (χ1v) is 6.64. The Morgan fingerprint density at radius 2 is 2.05 bits per heavy atom. The third kappa shape index (κ3) is 2.51. The van der Waals surface area contributed by atoms with Crippen molar-refractivity contribution in [2.75, 3.05) is 6.61 Å². The number of rotatable bonds is 3. The van der Waals surface area contributed by atoms with Gasteiger partial charge in [0, 0.05) is 17.1 Å². The molecule has 1 aromatic heterocycles. The quantitative estimate of drug-likeness (QED) is 0.475. The van der Waals surface area contributed by atoms with E-state index in [-0.39, 0.29) is 10.9 Å². The predicted molar refractivity (Wildman–Crippen MR) is 67.0 cm³/mol. The molecule has 9 heteroatoms. The SMILES string of the molecule is O=c1[nH]c(=O)n([C@@H]2O[C@H](CO)[C@@H](O)[C@H]2O)cc1CBr. The maximum Gasteiger partial charge on any atom is 0.330 e. The van der Waals surface area contributed by atoms with Crippen molar-refractivity contribution in [2.24, 2.45) is 0 Å². The fourth-order valence-corrected chi connectivity index (χ4v) is 2.32. The molecular formula is C10H13BrN2O6. The van der Waals surface area contributed by atoms with Crippen LogP contribution in [0.5, 0.6) is 0 Å². The lowest BCUT2D eigenvalue weighted by Gasteiger charge is -2.17. The Hall–Kier alpha value is -1.00. The molecule has 0 spiro atoms. The molecule has 0 aromatic carbocycles. The Bertz CT molecular complexity index is 570. The number of halogens is 1. The molecule has 0 bridgehead atoms. The molecule has 4 atom stereocenters. The van der Waals surface area contributed by atoms with Crippen molar-refractivity contribution < 1.29 is 20.1 Å². The van der Waals surface area contributed by atoms with Gasteiger partial charge in [-0.05, 0) is 0 Å². The Kier molecular flexibility index (Phi) is 4.21. The Balaban J connectivity index is 2.43. The lowest BCUT2D eigenvalue weighted by molar-refractivity contribution is -0.0551. The van der Waals surface area contributed by atoms with Gasteiger partial charge in [0.1, 0.15) is 18.3 Å². The number of ether oxygens (including phenoxy) is 1. The van der Waals surface area contributed by atoms with Gasteiger partial charge in [-0.25, -0.2) is 4.79 Å². The van der Waals surface area contributed by atoms with Crippen LogP contribution in [0.4, 0.5) is 0 Å². The molecule has 1 aromatic rings. The third-order valence-corrected chi connectivity index (χ3v) is 3.58. The third-order valence-electron chi connectivity index (χ3n) is 2.98. The molecule has 2 rings (SSSR count). The van der Waals surface area contributed by atoms with Gasteiger partial charge >= 0.3 is 5.69 Å². The van der Waals surface area contributed by atoms with Crippen LogP contribution in [0.25, 0.3) is 0 Å². The topological polar surface area (TPSA) is 125 Å². The van der Waals surface area contributed by atoms with Gasteiger partial charge in [0.25, 0.3) is 5.56 Å². The molecule has 0 aliphatic carbocycles. The lowest BCUT2D eigenvalue weighted by atomic mass is 10.1. The average Bonchev–Trinajstić information content (AvgIpc) is 2.67. The van der Waals surface area contributed by atoms with E-state index >= 15 is 0 Å². The minimum Gasteiger partial charge on any atom is -0.394 e. The lowest BCUT2D eigenvalue weighted by Crippen LogP contribution is -2.38. The first-order valence-electron chi connectivity index (χ1n) is 5.52. The van der Waals surface area contributed by atoms with Crippen LogP contribution in [-0.2, 0) is 10.1 Å². The fourth-order valence-electron chi connectivity index (χ4n) is 1.92. The molecule has 1 aliphatic heterocycles. The van der Waals surface area contributed by atoms with E-state index in [0.717, 1.165) is 4.57 Å². The van der Waals surface area contributed by atoms with Crippen LogP contribution < -0.4 is 11.2 Å². The van der Waals surface area contributed by atoms with Crippen molar-refractivity contribution in [2.45, 2.75) is 29.9 Å². The minimum atomic E-state index is -1.37. The fraction of sp³-hybridized carbons (Fsp3) is 0.600. The van der Waals surface area contributed by atoms with Gasteiger partial charge in [0.2, 0.25) is 0 Å². The summed E-state index contributed by atoms with van der Waals surface area (Å²) in [6, 6.07) is 0. The Morgan fingerprint density at radius 3 is 2.58 bits per heavy atom. The summed E-state index contributed by atoms with van der Waals surface area (Å²) < 4.78 is 6.20. The van der Waals surface area contributed by atoms with Crippen LogP contribution in [0.2, 0.25) is 0 Å². The zero-order chi connectivity index (χ0) is 14.2. The molecule has 1 aliphatic rings. The highest BCUT2D eigenvalue weighted by atomic mass is 79.9. The maximum absolute atomic E-state index is 11.7. The molecule has 1 saturated heterocycles. The van der Waals surface area contributed by atoms with E-state index in [1.165, 1.54) is 6.20 Å². The van der Waals surface area contributed by atoms with Crippen molar-refractivity contribution in [3.05, 3.63) is 32.6 Å². The van der Waals surface area contributed by atoms with E-state index < -0.39 is 42.4 Å². The van der Waals surface area contributed by atoms with Crippen LogP contribution in [0.1, 0.15) is 11.8 Å². The van der Waals surface area contributed by atoms with Gasteiger partial charge in [-0.1, -0.05) is 15.9 Å². The molecule has 0 radical (unpaired) electrons. The first-order chi connectivity index (χ1) is 8.99. The number of aliphatic hydroxyl groups is 3. The number of aromatic amines is 1. The van der Waals surface area contributed by atoms with E-state index in [0.29, 0.717) is 0 Å². The molecule has 19 heavy (non-hydrogen) atoms. The second-order valence-corrected chi connectivity index (χ2v) is 4.74. The van der Waals surface area contributed by atoms with Gasteiger partial charge in [-0.2, -0.15) is 0 Å². The van der Waals surface area contributed by atoms with E-state index in [1.54, 1.807) is 0 Å². The van der Waals surface area contributed by atoms with Crippen molar-refractivity contribution in [1.29, 1.82) is 0 Å². The Morgan fingerprint density at radius 1 is 1.37 bits per heavy atom. The highest BCUT2D eigenvalue weighted by Gasteiger charge is 2.43. The average molecular weight is 337 g/mol. The number of alkyl halides is 1. The summed E-state index contributed by atoms with van der Waals surface area (Å²) in [5.41, 5.74) is -1.02. The largest absolute Gasteiger partial charge is 0.394 e. The summed E-state index contributed by atoms with van der Waals surface area (Å²) >= 11 is 3.10. The minimum absolute atomic E-state index is 0.220. The second kappa shape index (κ2) is 5.55. The van der Waals surface area contributed by atoms with Crippen LogP contribution in [-0.4, -0.2) is 49.8 Å². The number of aliphatic hydroxyl groups excluding tert-OH is 3.